The van der Waals surface area contributed by atoms with Crippen LogP contribution in [0.1, 0.15) is 19.8 Å². The van der Waals surface area contributed by atoms with Gasteiger partial charge in [-0.25, -0.2) is 9.38 Å². The van der Waals surface area contributed by atoms with Gasteiger partial charge in [-0.1, -0.05) is 30.8 Å². The SMILES string of the molecule is CCCN1C(=O)[C@H](CC(=O)Nc2ccccc2OC)SC1=Nc1ccc(F)cc1. The fourth-order valence-corrected chi connectivity index (χ4v) is 4.08. The van der Waals surface area contributed by atoms with Crippen molar-refractivity contribution < 1.29 is 18.7 Å². The van der Waals surface area contributed by atoms with E-state index in [4.69, 9.17) is 4.74 Å². The van der Waals surface area contributed by atoms with E-state index in [9.17, 15) is 14.0 Å². The predicted octanol–water partition coefficient (Wildman–Crippen LogP) is 4.20. The average molecular weight is 415 g/mol. The molecule has 0 unspecified atom stereocenters. The van der Waals surface area contributed by atoms with Crippen LogP contribution in [0.15, 0.2) is 53.5 Å². The summed E-state index contributed by atoms with van der Waals surface area (Å²) >= 11 is 1.26. The number of rotatable bonds is 7. The number of carbonyl (C=O) groups is 2. The van der Waals surface area contributed by atoms with Crippen molar-refractivity contribution in [3.05, 3.63) is 54.3 Å². The second-order valence-corrected chi connectivity index (χ2v) is 7.59. The number of nitrogens with one attached hydrogen (secondary N) is 1. The molecular formula is C21H22FN3O3S. The van der Waals surface area contributed by atoms with Gasteiger partial charge in [0.2, 0.25) is 11.8 Å². The van der Waals surface area contributed by atoms with Crippen molar-refractivity contribution in [1.82, 2.24) is 4.90 Å². The average Bonchev–Trinajstić information content (AvgIpc) is 2.99. The molecule has 2 amide bonds. The van der Waals surface area contributed by atoms with Crippen LogP contribution >= 0.6 is 11.8 Å². The summed E-state index contributed by atoms with van der Waals surface area (Å²) in [5.74, 6) is -0.217. The minimum absolute atomic E-state index is 0.0181. The number of halogens is 1. The van der Waals surface area contributed by atoms with Crippen molar-refractivity contribution in [2.24, 2.45) is 4.99 Å². The number of amidine groups is 1. The minimum atomic E-state index is -0.560. The normalized spacial score (nSPS) is 17.6. The zero-order valence-electron chi connectivity index (χ0n) is 16.2. The summed E-state index contributed by atoms with van der Waals surface area (Å²) < 4.78 is 18.4. The molecule has 1 atom stereocenters. The Balaban J connectivity index is 1.73. The first-order valence-electron chi connectivity index (χ1n) is 9.27. The summed E-state index contributed by atoms with van der Waals surface area (Å²) in [5, 5.41) is 2.76. The molecule has 2 aromatic rings. The van der Waals surface area contributed by atoms with Crippen LogP contribution in [0.2, 0.25) is 0 Å². The first-order valence-corrected chi connectivity index (χ1v) is 10.1. The van der Waals surface area contributed by atoms with Crippen LogP contribution in [-0.4, -0.2) is 40.8 Å². The van der Waals surface area contributed by atoms with E-state index in [-0.39, 0.29) is 24.1 Å². The Labute approximate surface area is 173 Å². The second kappa shape index (κ2) is 9.56. The quantitative estimate of drug-likeness (QED) is 0.736. The largest absolute Gasteiger partial charge is 0.495 e. The molecule has 0 aromatic heterocycles. The predicted molar refractivity (Wildman–Crippen MR) is 113 cm³/mol. The molecule has 1 heterocycles. The number of hydrogen-bond donors (Lipinski definition) is 1. The summed E-state index contributed by atoms with van der Waals surface area (Å²) in [4.78, 5) is 31.4. The standard InChI is InChI=1S/C21H22FN3O3S/c1-3-12-25-20(27)18(29-21(25)23-15-10-8-14(22)9-11-15)13-19(26)24-16-6-4-5-7-17(16)28-2/h4-11,18H,3,12-13H2,1-2H3,(H,24,26)/t18-/m0/s1. The van der Waals surface area contributed by atoms with Crippen molar-refractivity contribution in [2.75, 3.05) is 19.0 Å². The molecule has 152 valence electrons. The number of anilines is 1. The summed E-state index contributed by atoms with van der Waals surface area (Å²) in [7, 11) is 1.53. The smallest absolute Gasteiger partial charge is 0.242 e. The van der Waals surface area contributed by atoms with Crippen LogP contribution in [-0.2, 0) is 9.59 Å². The number of para-hydroxylation sites is 2. The first kappa shape index (κ1) is 20.9. The third-order valence-corrected chi connectivity index (χ3v) is 5.45. The molecule has 0 saturated carbocycles. The molecule has 1 N–H and O–H groups in total. The van der Waals surface area contributed by atoms with Crippen molar-refractivity contribution in [3.63, 3.8) is 0 Å². The molecule has 1 aliphatic rings. The van der Waals surface area contributed by atoms with Gasteiger partial charge in [0.25, 0.3) is 0 Å². The van der Waals surface area contributed by atoms with E-state index in [1.165, 1.54) is 31.0 Å². The van der Waals surface area contributed by atoms with E-state index in [0.717, 1.165) is 6.42 Å². The lowest BCUT2D eigenvalue weighted by molar-refractivity contribution is -0.128. The zero-order chi connectivity index (χ0) is 20.8. The molecule has 0 spiro atoms. The maximum Gasteiger partial charge on any atom is 0.242 e. The molecule has 8 heteroatoms. The molecule has 6 nitrogen and oxygen atoms in total. The highest BCUT2D eigenvalue weighted by Crippen LogP contribution is 2.32. The highest BCUT2D eigenvalue weighted by molar-refractivity contribution is 8.15. The first-order chi connectivity index (χ1) is 14.0. The molecule has 2 aromatic carbocycles. The van der Waals surface area contributed by atoms with E-state index in [0.29, 0.717) is 28.8 Å². The van der Waals surface area contributed by atoms with Crippen LogP contribution in [0, 0.1) is 5.82 Å². The maximum absolute atomic E-state index is 13.1. The van der Waals surface area contributed by atoms with E-state index >= 15 is 0 Å². The van der Waals surface area contributed by atoms with E-state index in [1.807, 2.05) is 13.0 Å². The van der Waals surface area contributed by atoms with Gasteiger partial charge in [-0.05, 0) is 42.8 Å². The number of benzene rings is 2. The Morgan fingerprint density at radius 1 is 1.24 bits per heavy atom. The number of thioether (sulfide) groups is 1. The Morgan fingerprint density at radius 3 is 2.66 bits per heavy atom. The van der Waals surface area contributed by atoms with Gasteiger partial charge in [-0.3, -0.25) is 14.5 Å². The molecule has 29 heavy (non-hydrogen) atoms. The van der Waals surface area contributed by atoms with Crippen molar-refractivity contribution in [1.29, 1.82) is 0 Å². The van der Waals surface area contributed by atoms with E-state index in [1.54, 1.807) is 35.2 Å². The van der Waals surface area contributed by atoms with Crippen LogP contribution in [0.3, 0.4) is 0 Å². The Kier molecular flexibility index (Phi) is 6.87. The van der Waals surface area contributed by atoms with Gasteiger partial charge in [-0.2, -0.15) is 0 Å². The third-order valence-electron chi connectivity index (χ3n) is 4.27. The molecule has 0 aliphatic carbocycles. The summed E-state index contributed by atoms with van der Waals surface area (Å²) in [5.41, 5.74) is 1.11. The fourth-order valence-electron chi connectivity index (χ4n) is 2.90. The van der Waals surface area contributed by atoms with Gasteiger partial charge < -0.3 is 10.1 Å². The summed E-state index contributed by atoms with van der Waals surface area (Å²) in [6.45, 7) is 2.48. The van der Waals surface area contributed by atoms with Crippen molar-refractivity contribution >= 4 is 40.1 Å². The van der Waals surface area contributed by atoms with Gasteiger partial charge in [0.1, 0.15) is 16.8 Å². The maximum atomic E-state index is 13.1. The molecule has 1 saturated heterocycles. The van der Waals surface area contributed by atoms with Crippen molar-refractivity contribution in [2.45, 2.75) is 25.0 Å². The highest BCUT2D eigenvalue weighted by Gasteiger charge is 2.38. The van der Waals surface area contributed by atoms with Crippen LogP contribution in [0.25, 0.3) is 0 Å². The molecular weight excluding hydrogens is 393 g/mol. The van der Waals surface area contributed by atoms with E-state index < -0.39 is 5.25 Å². The number of hydrogen-bond acceptors (Lipinski definition) is 5. The van der Waals surface area contributed by atoms with Crippen molar-refractivity contribution in [3.8, 4) is 5.75 Å². The Morgan fingerprint density at radius 2 is 1.97 bits per heavy atom. The molecule has 1 fully saturated rings. The molecule has 1 aliphatic heterocycles. The number of methoxy groups -OCH3 is 1. The third kappa shape index (κ3) is 5.14. The number of nitrogens with zero attached hydrogens (tertiary/aromatic N) is 2. The Bertz CT molecular complexity index is 918. The lowest BCUT2D eigenvalue weighted by atomic mass is 10.2. The number of aliphatic imine (C=N–C) groups is 1. The topological polar surface area (TPSA) is 71.0 Å². The summed E-state index contributed by atoms with van der Waals surface area (Å²) in [6, 6.07) is 12.9. The number of ether oxygens (including phenoxy) is 1. The van der Waals surface area contributed by atoms with Crippen LogP contribution in [0.4, 0.5) is 15.8 Å². The lowest BCUT2D eigenvalue weighted by Crippen LogP contribution is -2.34. The van der Waals surface area contributed by atoms with Crippen LogP contribution in [0.5, 0.6) is 5.75 Å². The fraction of sp³-hybridized carbons (Fsp3) is 0.286. The molecule has 0 radical (unpaired) electrons. The minimum Gasteiger partial charge on any atom is -0.495 e. The molecule has 3 rings (SSSR count). The summed E-state index contributed by atoms with van der Waals surface area (Å²) in [6.07, 6.45) is 0.777. The lowest BCUT2D eigenvalue weighted by Gasteiger charge is -2.15. The van der Waals surface area contributed by atoms with Gasteiger partial charge in [0, 0.05) is 13.0 Å². The van der Waals surface area contributed by atoms with E-state index in [2.05, 4.69) is 10.3 Å². The number of amides is 2. The van der Waals surface area contributed by atoms with Gasteiger partial charge >= 0.3 is 0 Å². The molecule has 0 bridgehead atoms. The highest BCUT2D eigenvalue weighted by atomic mass is 32.2. The second-order valence-electron chi connectivity index (χ2n) is 6.42. The van der Waals surface area contributed by atoms with Crippen LogP contribution < -0.4 is 10.1 Å². The van der Waals surface area contributed by atoms with Gasteiger partial charge in [0.15, 0.2) is 5.17 Å². The zero-order valence-corrected chi connectivity index (χ0v) is 17.0. The van der Waals surface area contributed by atoms with Gasteiger partial charge in [0.05, 0.1) is 18.5 Å². The number of carbonyl (C=O) groups excluding carboxylic acids is 2. The Hall–Kier alpha value is -2.87. The van der Waals surface area contributed by atoms with Gasteiger partial charge in [-0.15, -0.1) is 0 Å². The monoisotopic (exact) mass is 415 g/mol.